The van der Waals surface area contributed by atoms with Crippen molar-refractivity contribution >= 4 is 33.9 Å². The van der Waals surface area contributed by atoms with Gasteiger partial charge in [0.1, 0.15) is 25.4 Å². The van der Waals surface area contributed by atoms with Crippen LogP contribution in [0.2, 0.25) is 0 Å². The molecule has 2 aliphatic rings. The number of nitrogens with one attached hydrogen (secondary N) is 2. The Morgan fingerprint density at radius 3 is 1.62 bits per heavy atom. The normalized spacial score (nSPS) is 14.4. The third kappa shape index (κ3) is 20.9. The SMILES string of the molecule is C=CCCC(=O)OCC.CC(C)(CC1Cc2ccccc2C1)NC[C@@H](O)COc1cc(/C=C/CCC(=O)O)cc(F)c1F.CC(C)(CC1Cc2ccccc2C1)NC[C@@H](O)COc1cc(Br)cc(F)c1F. The number of benzene rings is 4. The van der Waals surface area contributed by atoms with Crippen molar-refractivity contribution in [2.75, 3.05) is 32.9 Å². The van der Waals surface area contributed by atoms with Crippen LogP contribution in [0, 0.1) is 35.1 Å². The van der Waals surface area contributed by atoms with Crippen molar-refractivity contribution in [1.82, 2.24) is 10.6 Å². The Kier molecular flexibility index (Phi) is 23.8. The van der Waals surface area contributed by atoms with Gasteiger partial charge in [-0.25, -0.2) is 8.78 Å². The lowest BCUT2D eigenvalue weighted by Gasteiger charge is -2.30. The standard InChI is InChI=1S/C27H33F2NO4.C22H26BrF2NO2.C7H12O2/c1-27(2,15-19-11-20-8-4-5-9-21(20)12-19)30-16-22(31)17-34-24-14-18(13-23(28)26(24)29)7-3-6-10-25(32)33;1-22(2,11-14-7-15-5-3-4-6-16(15)8-14)26-12-18(27)13-28-20-10-17(23)9-19(24)21(20)25;1-3-5-6-7(8)9-4-2/h3-5,7-9,13-14,19,22,30-31H,6,10-12,15-17H2,1-2H3,(H,32,33);3-6,9-10,14,18,26-27H,7-8,11-13H2,1-2H3;3H,1,4-6H2,2H3/b7-3+;;/t22-;18-;/m11./s1. The zero-order valence-corrected chi connectivity index (χ0v) is 43.1. The molecule has 2 aliphatic carbocycles. The minimum absolute atomic E-state index is 0.0489. The molecule has 0 spiro atoms. The van der Waals surface area contributed by atoms with Crippen LogP contribution in [0.3, 0.4) is 0 Å². The first-order valence-electron chi connectivity index (χ1n) is 24.2. The number of ether oxygens (including phenoxy) is 3. The van der Waals surface area contributed by atoms with Gasteiger partial charge < -0.3 is 40.2 Å². The first-order chi connectivity index (χ1) is 33.7. The molecule has 0 radical (unpaired) electrons. The summed E-state index contributed by atoms with van der Waals surface area (Å²) in [6, 6.07) is 21.8. The molecule has 15 heteroatoms. The molecule has 0 saturated heterocycles. The predicted octanol–water partition coefficient (Wildman–Crippen LogP) is 10.9. The van der Waals surface area contributed by atoms with Gasteiger partial charge in [-0.1, -0.05) is 82.7 Å². The second-order valence-corrected chi connectivity index (χ2v) is 20.4. The summed E-state index contributed by atoms with van der Waals surface area (Å²) in [5.41, 5.74) is 5.67. The summed E-state index contributed by atoms with van der Waals surface area (Å²) in [4.78, 5) is 21.1. The van der Waals surface area contributed by atoms with E-state index in [0.717, 1.165) is 50.7 Å². The van der Waals surface area contributed by atoms with Crippen molar-refractivity contribution < 1.29 is 56.7 Å². The number of allylic oxidation sites excluding steroid dienone is 2. The number of carbonyl (C=O) groups excluding carboxylic acids is 1. The lowest BCUT2D eigenvalue weighted by Crippen LogP contribution is -2.46. The fraction of sp³-hybridized carbons (Fsp3) is 0.464. The number of carbonyl (C=O) groups is 2. The van der Waals surface area contributed by atoms with Gasteiger partial charge >= 0.3 is 11.9 Å². The maximum Gasteiger partial charge on any atom is 0.306 e. The van der Waals surface area contributed by atoms with Crippen molar-refractivity contribution in [2.45, 2.75) is 122 Å². The Morgan fingerprint density at radius 1 is 0.732 bits per heavy atom. The summed E-state index contributed by atoms with van der Waals surface area (Å²) < 4.78 is 70.9. The first-order valence-corrected chi connectivity index (χ1v) is 25.0. The van der Waals surface area contributed by atoms with Crippen LogP contribution < -0.4 is 20.1 Å². The molecular formula is C56H71BrF4N2O8. The van der Waals surface area contributed by atoms with E-state index in [2.05, 4.69) is 114 Å². The molecule has 0 aliphatic heterocycles. The van der Waals surface area contributed by atoms with Gasteiger partial charge in [0.05, 0.1) is 6.61 Å². The van der Waals surface area contributed by atoms with Gasteiger partial charge in [-0.3, -0.25) is 9.59 Å². The van der Waals surface area contributed by atoms with E-state index in [4.69, 9.17) is 14.6 Å². The first kappa shape index (κ1) is 58.5. The molecule has 0 fully saturated rings. The summed E-state index contributed by atoms with van der Waals surface area (Å²) in [7, 11) is 0. The van der Waals surface area contributed by atoms with Gasteiger partial charge in [0, 0.05) is 41.5 Å². The molecule has 0 saturated carbocycles. The number of hydrogen-bond donors (Lipinski definition) is 5. The Balaban J connectivity index is 0.000000266. The molecule has 71 heavy (non-hydrogen) atoms. The molecule has 4 aromatic carbocycles. The van der Waals surface area contributed by atoms with Crippen LogP contribution in [0.1, 0.15) is 101 Å². The number of fused-ring (bicyclic) bond motifs is 2. The topological polar surface area (TPSA) is 147 Å². The molecular weight excluding hydrogens is 985 g/mol. The summed E-state index contributed by atoms with van der Waals surface area (Å²) in [6.45, 7) is 14.4. The Labute approximate surface area is 425 Å². The summed E-state index contributed by atoms with van der Waals surface area (Å²) in [6.07, 6.45) is 10.7. The van der Waals surface area contributed by atoms with Gasteiger partial charge in [0.15, 0.2) is 23.1 Å². The number of esters is 1. The molecule has 388 valence electrons. The minimum atomic E-state index is -1.12. The molecule has 5 N–H and O–H groups in total. The minimum Gasteiger partial charge on any atom is -0.488 e. The average Bonchev–Trinajstić information content (AvgIpc) is 3.92. The fourth-order valence-electron chi connectivity index (χ4n) is 8.76. The van der Waals surface area contributed by atoms with E-state index in [9.17, 15) is 37.4 Å². The van der Waals surface area contributed by atoms with E-state index in [1.807, 2.05) is 0 Å². The summed E-state index contributed by atoms with van der Waals surface area (Å²) >= 11 is 3.10. The average molecular weight is 1060 g/mol. The van der Waals surface area contributed by atoms with Crippen LogP contribution in [-0.2, 0) is 40.0 Å². The molecule has 0 amide bonds. The molecule has 2 atom stereocenters. The highest BCUT2D eigenvalue weighted by Crippen LogP contribution is 2.33. The molecule has 0 unspecified atom stereocenters. The van der Waals surface area contributed by atoms with Crippen LogP contribution >= 0.6 is 15.9 Å². The van der Waals surface area contributed by atoms with E-state index in [0.29, 0.717) is 47.9 Å². The van der Waals surface area contributed by atoms with Gasteiger partial charge in [0.2, 0.25) is 11.6 Å². The zero-order chi connectivity index (χ0) is 52.1. The van der Waals surface area contributed by atoms with E-state index >= 15 is 0 Å². The molecule has 0 heterocycles. The maximum atomic E-state index is 14.1. The number of β-amino-alcohol motifs (C(OH)–C–C–N with tert-alkyl or cyclic N) is 2. The summed E-state index contributed by atoms with van der Waals surface area (Å²) in [5.74, 6) is -4.70. The Hall–Kier alpha value is -5.06. The number of rotatable bonds is 24. The monoisotopic (exact) mass is 1050 g/mol. The zero-order valence-electron chi connectivity index (χ0n) is 41.6. The molecule has 0 aromatic heterocycles. The van der Waals surface area contributed by atoms with Crippen molar-refractivity contribution in [1.29, 1.82) is 0 Å². The van der Waals surface area contributed by atoms with Crippen molar-refractivity contribution in [3.05, 3.63) is 147 Å². The third-order valence-electron chi connectivity index (χ3n) is 12.0. The maximum absolute atomic E-state index is 14.1. The third-order valence-corrected chi connectivity index (χ3v) is 12.5. The van der Waals surface area contributed by atoms with Crippen molar-refractivity contribution in [3.63, 3.8) is 0 Å². The van der Waals surface area contributed by atoms with Crippen LogP contribution in [0.15, 0.2) is 96.0 Å². The molecule has 0 bridgehead atoms. The highest BCUT2D eigenvalue weighted by atomic mass is 79.9. The predicted molar refractivity (Wildman–Crippen MR) is 273 cm³/mol. The lowest BCUT2D eigenvalue weighted by atomic mass is 9.88. The Morgan fingerprint density at radius 2 is 1.18 bits per heavy atom. The number of hydrogen-bond acceptors (Lipinski definition) is 9. The van der Waals surface area contributed by atoms with Gasteiger partial charge in [-0.2, -0.15) is 8.78 Å². The van der Waals surface area contributed by atoms with Crippen molar-refractivity contribution in [2.24, 2.45) is 11.8 Å². The van der Waals surface area contributed by atoms with Crippen LogP contribution in [0.5, 0.6) is 11.5 Å². The second-order valence-electron chi connectivity index (χ2n) is 19.4. The van der Waals surface area contributed by atoms with Gasteiger partial charge in [-0.15, -0.1) is 6.58 Å². The van der Waals surface area contributed by atoms with Crippen LogP contribution in [0.4, 0.5) is 17.6 Å². The summed E-state index contributed by atoms with van der Waals surface area (Å²) in [5, 5.41) is 36.0. The quantitative estimate of drug-likeness (QED) is 0.0199. The molecule has 4 aromatic rings. The highest BCUT2D eigenvalue weighted by molar-refractivity contribution is 9.10. The van der Waals surface area contributed by atoms with E-state index < -0.39 is 41.4 Å². The van der Waals surface area contributed by atoms with Crippen molar-refractivity contribution in [3.8, 4) is 11.5 Å². The second kappa shape index (κ2) is 28.8. The molecule has 10 nitrogen and oxygen atoms in total. The number of aliphatic hydroxyl groups is 2. The molecule has 6 rings (SSSR count). The lowest BCUT2D eigenvalue weighted by molar-refractivity contribution is -0.143. The van der Waals surface area contributed by atoms with E-state index in [-0.39, 0.29) is 61.1 Å². The number of aliphatic hydroxyl groups excluding tert-OH is 2. The highest BCUT2D eigenvalue weighted by Gasteiger charge is 2.30. The van der Waals surface area contributed by atoms with Gasteiger partial charge in [-0.05, 0) is 150 Å². The van der Waals surface area contributed by atoms with Crippen LogP contribution in [-0.4, -0.2) is 83.5 Å². The number of carboxylic acid groups (broad SMARTS) is 1. The number of carboxylic acids is 1. The van der Waals surface area contributed by atoms with Gasteiger partial charge in [0.25, 0.3) is 0 Å². The smallest absolute Gasteiger partial charge is 0.306 e. The number of aliphatic carboxylic acids is 1. The Bertz CT molecular complexity index is 2330. The van der Waals surface area contributed by atoms with E-state index in [1.165, 1.54) is 40.5 Å². The number of halogens is 5. The largest absolute Gasteiger partial charge is 0.488 e. The fourth-order valence-corrected chi connectivity index (χ4v) is 9.16. The van der Waals surface area contributed by atoms with Crippen LogP contribution in [0.25, 0.3) is 6.08 Å². The van der Waals surface area contributed by atoms with E-state index in [1.54, 1.807) is 19.1 Å².